The largest absolute Gasteiger partial charge is 0.463 e. The summed E-state index contributed by atoms with van der Waals surface area (Å²) in [5.41, 5.74) is 0.748. The zero-order valence-corrected chi connectivity index (χ0v) is 14.5. The van der Waals surface area contributed by atoms with Crippen molar-refractivity contribution in [3.05, 3.63) is 85.8 Å². The van der Waals surface area contributed by atoms with Crippen LogP contribution in [0.15, 0.2) is 68.6 Å². The average molecular weight is 386 g/mol. The fourth-order valence-corrected chi connectivity index (χ4v) is 2.91. The Morgan fingerprint density at radius 3 is 2.65 bits per heavy atom. The number of fused-ring (bicyclic) bond motifs is 1. The maximum Gasteiger partial charge on any atom is 0.363 e. The quantitative estimate of drug-likeness (QED) is 0.482. The molecule has 0 spiro atoms. The lowest BCUT2D eigenvalue weighted by Crippen LogP contribution is -2.07. The van der Waals surface area contributed by atoms with Gasteiger partial charge < -0.3 is 9.15 Å². The Balaban J connectivity index is 1.80. The molecule has 0 radical (unpaired) electrons. The van der Waals surface area contributed by atoms with Crippen LogP contribution < -0.4 is 5.43 Å². The molecule has 0 bridgehead atoms. The van der Waals surface area contributed by atoms with Gasteiger partial charge in [-0.1, -0.05) is 41.4 Å². The lowest BCUT2D eigenvalue weighted by atomic mass is 10.1. The normalized spacial score (nSPS) is 15.4. The van der Waals surface area contributed by atoms with Crippen LogP contribution in [-0.2, 0) is 9.53 Å². The number of benzene rings is 2. The van der Waals surface area contributed by atoms with E-state index in [1.807, 2.05) is 0 Å². The number of cyclic esters (lactones) is 1. The van der Waals surface area contributed by atoms with Gasteiger partial charge in [0.25, 0.3) is 0 Å². The van der Waals surface area contributed by atoms with E-state index in [1.165, 1.54) is 12.3 Å². The van der Waals surface area contributed by atoms with Crippen molar-refractivity contribution >= 4 is 52.1 Å². The SMILES string of the molecule is O=C1OC(c2cccc(Cl)c2Cl)=N/C1=C\c1coc2ccccc2c1=O. The minimum Gasteiger partial charge on any atom is -0.463 e. The van der Waals surface area contributed by atoms with Gasteiger partial charge >= 0.3 is 5.97 Å². The highest BCUT2D eigenvalue weighted by Gasteiger charge is 2.26. The molecule has 2 aromatic carbocycles. The van der Waals surface area contributed by atoms with Gasteiger partial charge in [-0.15, -0.1) is 0 Å². The van der Waals surface area contributed by atoms with E-state index in [4.69, 9.17) is 32.4 Å². The van der Waals surface area contributed by atoms with Gasteiger partial charge in [0.15, 0.2) is 11.1 Å². The second-order valence-corrected chi connectivity index (χ2v) is 6.24. The molecule has 5 nitrogen and oxygen atoms in total. The number of rotatable bonds is 2. The number of nitrogens with zero attached hydrogens (tertiary/aromatic N) is 1. The Hall–Kier alpha value is -2.89. The van der Waals surface area contributed by atoms with E-state index in [0.717, 1.165) is 0 Å². The van der Waals surface area contributed by atoms with Crippen molar-refractivity contribution in [2.75, 3.05) is 0 Å². The number of esters is 1. The topological polar surface area (TPSA) is 68.9 Å². The molecule has 0 aliphatic carbocycles. The predicted octanol–water partition coefficient (Wildman–Crippen LogP) is 4.44. The van der Waals surface area contributed by atoms with Crippen LogP contribution in [0.2, 0.25) is 10.0 Å². The zero-order valence-electron chi connectivity index (χ0n) is 13.0. The van der Waals surface area contributed by atoms with Gasteiger partial charge in [0, 0.05) is 0 Å². The fraction of sp³-hybridized carbons (Fsp3) is 0. The number of halogens is 2. The van der Waals surface area contributed by atoms with E-state index >= 15 is 0 Å². The molecule has 26 heavy (non-hydrogen) atoms. The van der Waals surface area contributed by atoms with Crippen molar-refractivity contribution in [1.29, 1.82) is 0 Å². The summed E-state index contributed by atoms with van der Waals surface area (Å²) in [5.74, 6) is -0.664. The van der Waals surface area contributed by atoms with E-state index in [9.17, 15) is 9.59 Å². The summed E-state index contributed by atoms with van der Waals surface area (Å²) in [6.45, 7) is 0. The Bertz CT molecular complexity index is 1180. The van der Waals surface area contributed by atoms with Crippen LogP contribution in [0, 0.1) is 0 Å². The highest BCUT2D eigenvalue weighted by atomic mass is 35.5. The number of aliphatic imine (C=N–C) groups is 1. The molecule has 128 valence electrons. The number of hydrogen-bond donors (Lipinski definition) is 0. The summed E-state index contributed by atoms with van der Waals surface area (Å²) < 4.78 is 10.6. The zero-order chi connectivity index (χ0) is 18.3. The lowest BCUT2D eigenvalue weighted by Gasteiger charge is -2.03. The summed E-state index contributed by atoms with van der Waals surface area (Å²) in [4.78, 5) is 28.8. The second-order valence-electron chi connectivity index (χ2n) is 5.45. The first kappa shape index (κ1) is 16.6. The molecule has 0 unspecified atom stereocenters. The first-order valence-electron chi connectivity index (χ1n) is 7.52. The van der Waals surface area contributed by atoms with E-state index in [-0.39, 0.29) is 27.6 Å². The van der Waals surface area contributed by atoms with Crippen LogP contribution in [0.1, 0.15) is 11.1 Å². The highest BCUT2D eigenvalue weighted by Crippen LogP contribution is 2.29. The second kappa shape index (κ2) is 6.44. The molecular weight excluding hydrogens is 377 g/mol. The van der Waals surface area contributed by atoms with Crippen molar-refractivity contribution in [2.24, 2.45) is 4.99 Å². The molecule has 1 aliphatic rings. The van der Waals surface area contributed by atoms with Gasteiger partial charge in [0.1, 0.15) is 11.8 Å². The third-order valence-electron chi connectivity index (χ3n) is 3.80. The number of para-hydroxylation sites is 1. The van der Waals surface area contributed by atoms with Gasteiger partial charge in [0.05, 0.1) is 26.6 Å². The molecule has 2 heterocycles. The molecular formula is C19H9Cl2NO4. The van der Waals surface area contributed by atoms with Crippen molar-refractivity contribution in [1.82, 2.24) is 0 Å². The Kier molecular flexibility index (Phi) is 4.11. The highest BCUT2D eigenvalue weighted by molar-refractivity contribution is 6.44. The molecule has 0 atom stereocenters. The lowest BCUT2D eigenvalue weighted by molar-refractivity contribution is -0.129. The summed E-state index contributed by atoms with van der Waals surface area (Å²) >= 11 is 12.1. The first-order valence-corrected chi connectivity index (χ1v) is 8.27. The van der Waals surface area contributed by atoms with Gasteiger partial charge in [-0.2, -0.15) is 0 Å². The third kappa shape index (κ3) is 2.81. The Morgan fingerprint density at radius 2 is 1.81 bits per heavy atom. The summed E-state index contributed by atoms with van der Waals surface area (Å²) in [6.07, 6.45) is 2.61. The number of hydrogen-bond acceptors (Lipinski definition) is 5. The predicted molar refractivity (Wildman–Crippen MR) is 99.6 cm³/mol. The van der Waals surface area contributed by atoms with Crippen LogP contribution in [0.3, 0.4) is 0 Å². The Labute approximate surface area is 157 Å². The standard InChI is InChI=1S/C19H9Cl2NO4/c20-13-6-3-5-12(16(13)21)18-22-14(19(24)26-18)8-10-9-25-15-7-2-1-4-11(15)17(10)23/h1-9H/b14-8-. The molecule has 1 aromatic heterocycles. The van der Waals surface area contributed by atoms with Crippen molar-refractivity contribution in [3.63, 3.8) is 0 Å². The molecule has 0 fully saturated rings. The van der Waals surface area contributed by atoms with Gasteiger partial charge in [0.2, 0.25) is 5.90 Å². The third-order valence-corrected chi connectivity index (χ3v) is 4.62. The number of carbonyl (C=O) groups excluding carboxylic acids is 1. The smallest absolute Gasteiger partial charge is 0.363 e. The summed E-state index contributed by atoms with van der Waals surface area (Å²) in [7, 11) is 0. The molecule has 3 aromatic rings. The van der Waals surface area contributed by atoms with Gasteiger partial charge in [-0.25, -0.2) is 9.79 Å². The summed E-state index contributed by atoms with van der Waals surface area (Å²) in [6, 6.07) is 11.8. The monoisotopic (exact) mass is 385 g/mol. The van der Waals surface area contributed by atoms with Crippen molar-refractivity contribution < 1.29 is 13.9 Å². The number of ether oxygens (including phenoxy) is 1. The molecule has 0 amide bonds. The van der Waals surface area contributed by atoms with Crippen LogP contribution in [0.4, 0.5) is 0 Å². The maximum absolute atomic E-state index is 12.5. The Morgan fingerprint density at radius 1 is 1.00 bits per heavy atom. The summed E-state index contributed by atoms with van der Waals surface area (Å²) in [5, 5.41) is 0.956. The minimum atomic E-state index is -0.691. The molecule has 1 aliphatic heterocycles. The van der Waals surface area contributed by atoms with E-state index < -0.39 is 5.97 Å². The van der Waals surface area contributed by atoms with E-state index in [0.29, 0.717) is 21.6 Å². The van der Waals surface area contributed by atoms with Crippen LogP contribution >= 0.6 is 23.2 Å². The van der Waals surface area contributed by atoms with E-state index in [1.54, 1.807) is 42.5 Å². The van der Waals surface area contributed by atoms with Crippen molar-refractivity contribution in [2.45, 2.75) is 0 Å². The fourth-order valence-electron chi connectivity index (χ4n) is 2.53. The molecule has 4 rings (SSSR count). The average Bonchev–Trinajstić information content (AvgIpc) is 3.00. The minimum absolute atomic E-state index is 0.0268. The van der Waals surface area contributed by atoms with Gasteiger partial charge in [-0.3, -0.25) is 4.79 Å². The molecule has 0 saturated heterocycles. The molecule has 0 N–H and O–H groups in total. The van der Waals surface area contributed by atoms with Crippen LogP contribution in [0.25, 0.3) is 17.0 Å². The van der Waals surface area contributed by atoms with E-state index in [2.05, 4.69) is 4.99 Å². The van der Waals surface area contributed by atoms with Crippen LogP contribution in [0.5, 0.6) is 0 Å². The molecule has 7 heteroatoms. The van der Waals surface area contributed by atoms with Crippen LogP contribution in [-0.4, -0.2) is 11.9 Å². The van der Waals surface area contributed by atoms with Gasteiger partial charge in [-0.05, 0) is 30.3 Å². The molecule has 0 saturated carbocycles. The first-order chi connectivity index (χ1) is 12.5. The maximum atomic E-state index is 12.5. The van der Waals surface area contributed by atoms with Crippen molar-refractivity contribution in [3.8, 4) is 0 Å². The number of carbonyl (C=O) groups is 1.